The summed E-state index contributed by atoms with van der Waals surface area (Å²) in [5.74, 6) is -0.656. The van der Waals surface area contributed by atoms with E-state index in [1.807, 2.05) is 19.1 Å². The van der Waals surface area contributed by atoms with Crippen LogP contribution >= 0.6 is 15.9 Å². The number of carbonyl (C=O) groups excluding carboxylic acids is 3. The Morgan fingerprint density at radius 1 is 0.619 bits per heavy atom. The maximum Gasteiger partial charge on any atom is 0.320 e. The van der Waals surface area contributed by atoms with Gasteiger partial charge in [-0.3, -0.25) is 24.2 Å². The van der Waals surface area contributed by atoms with Crippen molar-refractivity contribution in [2.45, 2.75) is 13.8 Å². The fourth-order valence-corrected chi connectivity index (χ4v) is 6.80. The lowest BCUT2D eigenvalue weighted by molar-refractivity contribution is -0.144. The number of halogens is 4. The Hall–Kier alpha value is -5.43. The highest BCUT2D eigenvalue weighted by molar-refractivity contribution is 9.09. The van der Waals surface area contributed by atoms with Gasteiger partial charge in [0.25, 0.3) is 0 Å². The molecule has 0 spiro atoms. The average molecular weight is 944 g/mol. The van der Waals surface area contributed by atoms with Crippen LogP contribution in [0.15, 0.2) is 91.1 Å². The van der Waals surface area contributed by atoms with Crippen LogP contribution in [0, 0.1) is 17.5 Å². The molecule has 1 aromatic heterocycles. The number of nitrogens with one attached hydrogen (secondary N) is 2. The van der Waals surface area contributed by atoms with Crippen molar-refractivity contribution < 1.29 is 42.1 Å². The quantitative estimate of drug-likeness (QED) is 0.131. The number of piperazine rings is 3. The molecule has 4 heterocycles. The Morgan fingerprint density at radius 3 is 1.41 bits per heavy atom. The van der Waals surface area contributed by atoms with Crippen LogP contribution in [0.25, 0.3) is 0 Å². The van der Waals surface area contributed by atoms with Gasteiger partial charge in [-0.2, -0.15) is 0 Å². The average Bonchev–Trinajstić information content (AvgIpc) is 3.30. The Balaban J connectivity index is 0.000000199. The number of pyridine rings is 1. The minimum Gasteiger partial charge on any atom is -0.506 e. The van der Waals surface area contributed by atoms with Gasteiger partial charge in [0.1, 0.15) is 34.3 Å². The summed E-state index contributed by atoms with van der Waals surface area (Å²) in [6.45, 7) is 15.6. The van der Waals surface area contributed by atoms with Crippen LogP contribution in [0.2, 0.25) is 0 Å². The van der Waals surface area contributed by atoms with Gasteiger partial charge in [0.2, 0.25) is 5.91 Å². The predicted molar refractivity (Wildman–Crippen MR) is 243 cm³/mol. The van der Waals surface area contributed by atoms with Gasteiger partial charge in [-0.1, -0.05) is 15.9 Å². The second kappa shape index (κ2) is 27.6. The Kier molecular flexibility index (Phi) is 22.0. The monoisotopic (exact) mass is 942 g/mol. The first-order valence-corrected chi connectivity index (χ1v) is 22.1. The normalized spacial score (nSPS) is 15.3. The van der Waals surface area contributed by atoms with Crippen LogP contribution < -0.4 is 25.3 Å². The summed E-state index contributed by atoms with van der Waals surface area (Å²) in [6, 6.07) is 22.7. The zero-order chi connectivity index (χ0) is 45.4. The van der Waals surface area contributed by atoms with Crippen molar-refractivity contribution in [2.24, 2.45) is 0 Å². The van der Waals surface area contributed by atoms with Crippen molar-refractivity contribution in [3.63, 3.8) is 0 Å². The van der Waals surface area contributed by atoms with Gasteiger partial charge in [0.05, 0.1) is 32.5 Å². The fraction of sp³-hybridized carbons (Fsp3) is 0.422. The number of carbonyl (C=O) groups is 3. The van der Waals surface area contributed by atoms with E-state index in [4.69, 9.17) is 4.74 Å². The molecule has 3 saturated heterocycles. The van der Waals surface area contributed by atoms with Crippen molar-refractivity contribution in [1.82, 2.24) is 20.1 Å². The fourth-order valence-electron chi connectivity index (χ4n) is 6.64. The largest absolute Gasteiger partial charge is 0.506 e. The molecule has 63 heavy (non-hydrogen) atoms. The SMILES string of the molecule is CCOC(=O)CBr.CCOC(=O)CN1CCN(c2ccc(F)cc2)CC1.Fc1ccc(N2CCNCC2)cc1.O=C(CN1CCN(c2ccc(F)cc2)CC1)Nc1ccc(O)cn1. The lowest BCUT2D eigenvalue weighted by Gasteiger charge is -2.35. The van der Waals surface area contributed by atoms with Crippen LogP contribution in [0.5, 0.6) is 5.75 Å². The minimum atomic E-state index is -0.239. The maximum absolute atomic E-state index is 13.0. The highest BCUT2D eigenvalue weighted by atomic mass is 79.9. The molecule has 0 bridgehead atoms. The Bertz CT molecular complexity index is 1930. The van der Waals surface area contributed by atoms with E-state index in [1.54, 1.807) is 37.3 Å². The Labute approximate surface area is 376 Å². The first kappa shape index (κ1) is 50.2. The molecule has 342 valence electrons. The van der Waals surface area contributed by atoms with E-state index >= 15 is 0 Å². The number of rotatable bonds is 11. The number of ether oxygens (including phenoxy) is 2. The summed E-state index contributed by atoms with van der Waals surface area (Å²) in [7, 11) is 0. The third-order valence-electron chi connectivity index (χ3n) is 9.89. The number of hydrogen-bond donors (Lipinski definition) is 3. The molecule has 0 aliphatic carbocycles. The molecule has 7 rings (SSSR count). The summed E-state index contributed by atoms with van der Waals surface area (Å²) in [6.07, 6.45) is 1.29. The van der Waals surface area contributed by atoms with Crippen LogP contribution in [0.4, 0.5) is 36.1 Å². The van der Waals surface area contributed by atoms with Gasteiger partial charge < -0.3 is 39.9 Å². The third kappa shape index (κ3) is 18.8. The molecule has 1 amide bonds. The van der Waals surface area contributed by atoms with Gasteiger partial charge in [-0.25, -0.2) is 18.2 Å². The zero-order valence-corrected chi connectivity index (χ0v) is 37.5. The molecule has 3 fully saturated rings. The van der Waals surface area contributed by atoms with Gasteiger partial charge in [0, 0.05) is 95.6 Å². The van der Waals surface area contributed by atoms with E-state index in [2.05, 4.69) is 60.8 Å². The second-order valence-corrected chi connectivity index (χ2v) is 14.9. The van der Waals surface area contributed by atoms with Crippen molar-refractivity contribution in [1.29, 1.82) is 0 Å². The summed E-state index contributed by atoms with van der Waals surface area (Å²) in [5.41, 5.74) is 3.13. The smallest absolute Gasteiger partial charge is 0.320 e. The van der Waals surface area contributed by atoms with E-state index in [9.17, 15) is 32.7 Å². The molecule has 14 nitrogen and oxygen atoms in total. The zero-order valence-electron chi connectivity index (χ0n) is 35.9. The summed E-state index contributed by atoms with van der Waals surface area (Å²) >= 11 is 2.94. The molecular weight excluding hydrogens is 885 g/mol. The standard InChI is InChI=1S/C17H19FN4O2.C14H19FN2O2.C10H13FN2.C4H7BrO2/c18-13-1-3-14(4-2-13)22-9-7-21(8-10-22)12-17(24)20-16-6-5-15(23)11-19-16;1-2-19-14(18)11-16-7-9-17(10-8-16)13-5-3-12(15)4-6-13;11-9-1-3-10(4-2-9)13-7-5-12-6-8-13;1-2-7-4(6)3-5/h1-6,11,23H,7-10,12H2,(H,19,20,24);3-6H,2,7-11H2,1H3;1-4,12H,5-8H2;2-3H2,1H3. The van der Waals surface area contributed by atoms with E-state index < -0.39 is 0 Å². The lowest BCUT2D eigenvalue weighted by Crippen LogP contribution is -2.48. The topological polar surface area (TPSA) is 143 Å². The summed E-state index contributed by atoms with van der Waals surface area (Å²) in [4.78, 5) is 48.3. The lowest BCUT2D eigenvalue weighted by atomic mass is 10.2. The number of anilines is 4. The van der Waals surface area contributed by atoms with Crippen molar-refractivity contribution in [2.75, 3.05) is 130 Å². The number of esters is 2. The molecule has 4 aromatic rings. The molecule has 3 aliphatic heterocycles. The first-order chi connectivity index (χ1) is 30.5. The van der Waals surface area contributed by atoms with Crippen LogP contribution in [0.1, 0.15) is 13.8 Å². The van der Waals surface area contributed by atoms with Gasteiger partial charge in [-0.05, 0) is 98.8 Å². The predicted octanol–water partition coefficient (Wildman–Crippen LogP) is 5.38. The summed E-state index contributed by atoms with van der Waals surface area (Å²) < 4.78 is 47.9. The number of benzene rings is 3. The molecule has 0 atom stereocenters. The third-order valence-corrected chi connectivity index (χ3v) is 10.3. The summed E-state index contributed by atoms with van der Waals surface area (Å²) in [5, 5.41) is 15.5. The highest BCUT2D eigenvalue weighted by Crippen LogP contribution is 2.19. The molecule has 18 heteroatoms. The molecule has 0 saturated carbocycles. The molecular formula is C45H58BrF3N8O6. The maximum atomic E-state index is 13.0. The van der Waals surface area contributed by atoms with Crippen LogP contribution in [-0.2, 0) is 23.9 Å². The number of alkyl halides is 1. The van der Waals surface area contributed by atoms with Crippen molar-refractivity contribution in [3.8, 4) is 5.75 Å². The number of hydrogen-bond acceptors (Lipinski definition) is 13. The Morgan fingerprint density at radius 2 is 1.03 bits per heavy atom. The first-order valence-electron chi connectivity index (χ1n) is 20.9. The van der Waals surface area contributed by atoms with Crippen LogP contribution in [-0.4, -0.2) is 148 Å². The van der Waals surface area contributed by atoms with E-state index in [1.165, 1.54) is 48.7 Å². The van der Waals surface area contributed by atoms with Crippen molar-refractivity contribution in [3.05, 3.63) is 109 Å². The number of nitrogens with zero attached hydrogens (tertiary/aromatic N) is 6. The van der Waals surface area contributed by atoms with E-state index in [0.29, 0.717) is 37.5 Å². The van der Waals surface area contributed by atoms with Gasteiger partial charge in [0.15, 0.2) is 0 Å². The molecule has 3 aliphatic rings. The molecule has 3 aromatic carbocycles. The van der Waals surface area contributed by atoms with E-state index in [-0.39, 0.29) is 41.0 Å². The van der Waals surface area contributed by atoms with Gasteiger partial charge >= 0.3 is 11.9 Å². The number of aromatic nitrogens is 1. The van der Waals surface area contributed by atoms with Gasteiger partial charge in [-0.15, -0.1) is 0 Å². The highest BCUT2D eigenvalue weighted by Gasteiger charge is 2.21. The molecule has 3 N–H and O–H groups in total. The minimum absolute atomic E-state index is 0.0601. The molecule has 0 unspecified atom stereocenters. The number of amides is 1. The van der Waals surface area contributed by atoms with Crippen molar-refractivity contribution >= 4 is 56.7 Å². The molecule has 0 radical (unpaired) electrons. The van der Waals surface area contributed by atoms with Crippen LogP contribution in [0.3, 0.4) is 0 Å². The van der Waals surface area contributed by atoms with E-state index in [0.717, 1.165) is 95.6 Å². The number of aromatic hydroxyl groups is 1. The second-order valence-electron chi connectivity index (χ2n) is 14.4.